The molecule has 11 heteroatoms. The van der Waals surface area contributed by atoms with E-state index in [1.54, 1.807) is 11.7 Å². The van der Waals surface area contributed by atoms with Crippen molar-refractivity contribution < 1.29 is 9.47 Å². The Balaban J connectivity index is 1.55. The number of para-hydroxylation sites is 1. The normalized spacial score (nSPS) is 10.7. The summed E-state index contributed by atoms with van der Waals surface area (Å²) >= 11 is 0. The first-order valence-corrected chi connectivity index (χ1v) is 8.98. The number of aryl methyl sites for hydroxylation is 1. The molecule has 148 valence electrons. The second-order valence-corrected chi connectivity index (χ2v) is 6.00. The van der Waals surface area contributed by atoms with E-state index < -0.39 is 0 Å². The van der Waals surface area contributed by atoms with Gasteiger partial charge in [-0.05, 0) is 57.6 Å². The molecule has 4 aromatic rings. The Morgan fingerprint density at radius 2 is 1.79 bits per heavy atom. The van der Waals surface area contributed by atoms with Crippen molar-refractivity contribution in [1.82, 2.24) is 40.4 Å². The van der Waals surface area contributed by atoms with Crippen LogP contribution in [0.1, 0.15) is 12.5 Å². The van der Waals surface area contributed by atoms with E-state index in [2.05, 4.69) is 36.4 Å². The lowest BCUT2D eigenvalue weighted by atomic mass is 10.2. The summed E-state index contributed by atoms with van der Waals surface area (Å²) in [6.07, 6.45) is 0. The number of aromatic nitrogens is 8. The SMILES string of the molecule is CCOc1cc(CNc2nnnn2C)ccc1Oc1nnnn1-c1ccccc1. The van der Waals surface area contributed by atoms with Crippen LogP contribution < -0.4 is 14.8 Å². The largest absolute Gasteiger partial charge is 0.490 e. The Labute approximate surface area is 166 Å². The number of rotatable bonds is 8. The zero-order valence-electron chi connectivity index (χ0n) is 15.9. The van der Waals surface area contributed by atoms with Crippen LogP contribution in [-0.4, -0.2) is 47.0 Å². The van der Waals surface area contributed by atoms with Crippen LogP contribution in [0.5, 0.6) is 17.5 Å². The molecule has 0 fully saturated rings. The van der Waals surface area contributed by atoms with Crippen LogP contribution in [0.2, 0.25) is 0 Å². The van der Waals surface area contributed by atoms with Gasteiger partial charge in [-0.2, -0.15) is 4.68 Å². The lowest BCUT2D eigenvalue weighted by molar-refractivity contribution is 0.315. The topological polar surface area (TPSA) is 118 Å². The van der Waals surface area contributed by atoms with Gasteiger partial charge < -0.3 is 14.8 Å². The van der Waals surface area contributed by atoms with Gasteiger partial charge >= 0.3 is 6.01 Å². The maximum atomic E-state index is 5.96. The molecular formula is C18H19N9O2. The predicted octanol–water partition coefficient (Wildman–Crippen LogP) is 1.99. The summed E-state index contributed by atoms with van der Waals surface area (Å²) in [5.41, 5.74) is 1.77. The van der Waals surface area contributed by atoms with Crippen molar-refractivity contribution in [2.45, 2.75) is 13.5 Å². The van der Waals surface area contributed by atoms with Crippen LogP contribution >= 0.6 is 0 Å². The van der Waals surface area contributed by atoms with Crippen molar-refractivity contribution in [1.29, 1.82) is 0 Å². The minimum absolute atomic E-state index is 0.244. The Morgan fingerprint density at radius 1 is 0.966 bits per heavy atom. The van der Waals surface area contributed by atoms with Crippen molar-refractivity contribution in [3.63, 3.8) is 0 Å². The number of nitrogens with zero attached hydrogens (tertiary/aromatic N) is 8. The highest BCUT2D eigenvalue weighted by Gasteiger charge is 2.14. The Bertz CT molecular complexity index is 1080. The number of anilines is 1. The van der Waals surface area contributed by atoms with E-state index in [1.807, 2.05) is 55.5 Å². The zero-order chi connectivity index (χ0) is 20.1. The summed E-state index contributed by atoms with van der Waals surface area (Å²) in [6, 6.07) is 15.4. The molecule has 29 heavy (non-hydrogen) atoms. The van der Waals surface area contributed by atoms with Crippen LogP contribution in [0.15, 0.2) is 48.5 Å². The van der Waals surface area contributed by atoms with Gasteiger partial charge in [0.2, 0.25) is 5.95 Å². The number of tetrazole rings is 2. The molecule has 0 saturated heterocycles. The molecule has 0 unspecified atom stereocenters. The molecule has 2 aromatic carbocycles. The first kappa shape index (κ1) is 18.3. The Hall–Kier alpha value is -4.02. The fraction of sp³-hybridized carbons (Fsp3) is 0.222. The third-order valence-corrected chi connectivity index (χ3v) is 4.02. The van der Waals surface area contributed by atoms with E-state index in [1.165, 1.54) is 4.68 Å². The van der Waals surface area contributed by atoms with Crippen molar-refractivity contribution in [3.8, 4) is 23.2 Å². The maximum Gasteiger partial charge on any atom is 0.346 e. The summed E-state index contributed by atoms with van der Waals surface area (Å²) in [6.45, 7) is 2.92. The molecule has 1 N–H and O–H groups in total. The van der Waals surface area contributed by atoms with Crippen LogP contribution in [0.4, 0.5) is 5.95 Å². The van der Waals surface area contributed by atoms with Gasteiger partial charge in [-0.25, -0.2) is 4.68 Å². The lowest BCUT2D eigenvalue weighted by Crippen LogP contribution is -2.06. The minimum Gasteiger partial charge on any atom is -0.490 e. The average molecular weight is 393 g/mol. The van der Waals surface area contributed by atoms with Gasteiger partial charge in [0.1, 0.15) is 0 Å². The van der Waals surface area contributed by atoms with E-state index >= 15 is 0 Å². The zero-order valence-corrected chi connectivity index (χ0v) is 15.9. The first-order chi connectivity index (χ1) is 14.2. The van der Waals surface area contributed by atoms with Gasteiger partial charge in [-0.1, -0.05) is 34.5 Å². The van der Waals surface area contributed by atoms with Gasteiger partial charge in [-0.15, -0.1) is 0 Å². The van der Waals surface area contributed by atoms with Crippen molar-refractivity contribution in [2.75, 3.05) is 11.9 Å². The highest BCUT2D eigenvalue weighted by Crippen LogP contribution is 2.32. The Morgan fingerprint density at radius 3 is 2.55 bits per heavy atom. The molecule has 0 aliphatic rings. The summed E-state index contributed by atoms with van der Waals surface area (Å²) in [5.74, 6) is 1.68. The van der Waals surface area contributed by atoms with Crippen molar-refractivity contribution in [2.24, 2.45) is 7.05 Å². The lowest BCUT2D eigenvalue weighted by Gasteiger charge is -2.13. The van der Waals surface area contributed by atoms with Gasteiger partial charge in [0.15, 0.2) is 11.5 Å². The predicted molar refractivity (Wildman–Crippen MR) is 103 cm³/mol. The molecular weight excluding hydrogens is 374 g/mol. The monoisotopic (exact) mass is 393 g/mol. The smallest absolute Gasteiger partial charge is 0.346 e. The van der Waals surface area contributed by atoms with Gasteiger partial charge in [0, 0.05) is 13.6 Å². The van der Waals surface area contributed by atoms with Gasteiger partial charge in [0.25, 0.3) is 0 Å². The molecule has 0 bridgehead atoms. The second kappa shape index (κ2) is 8.33. The second-order valence-electron chi connectivity index (χ2n) is 6.00. The summed E-state index contributed by atoms with van der Waals surface area (Å²) in [7, 11) is 1.77. The van der Waals surface area contributed by atoms with E-state index in [-0.39, 0.29) is 6.01 Å². The first-order valence-electron chi connectivity index (χ1n) is 8.98. The number of benzene rings is 2. The number of ether oxygens (including phenoxy) is 2. The molecule has 11 nitrogen and oxygen atoms in total. The fourth-order valence-corrected chi connectivity index (χ4v) is 2.65. The molecule has 0 spiro atoms. The molecule has 0 saturated carbocycles. The third kappa shape index (κ3) is 4.13. The van der Waals surface area contributed by atoms with Crippen LogP contribution in [0, 0.1) is 0 Å². The minimum atomic E-state index is 0.244. The summed E-state index contributed by atoms with van der Waals surface area (Å²) < 4.78 is 14.8. The molecule has 2 heterocycles. The van der Waals surface area contributed by atoms with E-state index in [4.69, 9.17) is 9.47 Å². The number of hydrogen-bond donors (Lipinski definition) is 1. The molecule has 2 aromatic heterocycles. The molecule has 0 aliphatic heterocycles. The Kier molecular flexibility index (Phi) is 5.27. The number of nitrogens with one attached hydrogen (secondary N) is 1. The average Bonchev–Trinajstić information content (AvgIpc) is 3.37. The fourth-order valence-electron chi connectivity index (χ4n) is 2.65. The van der Waals surface area contributed by atoms with Crippen molar-refractivity contribution in [3.05, 3.63) is 54.1 Å². The van der Waals surface area contributed by atoms with Crippen LogP contribution in [0.25, 0.3) is 5.69 Å². The van der Waals surface area contributed by atoms with Gasteiger partial charge in [0.05, 0.1) is 12.3 Å². The molecule has 4 rings (SSSR count). The van der Waals surface area contributed by atoms with E-state index in [9.17, 15) is 0 Å². The summed E-state index contributed by atoms with van der Waals surface area (Å²) in [4.78, 5) is 0. The van der Waals surface area contributed by atoms with E-state index in [0.717, 1.165) is 11.3 Å². The highest BCUT2D eigenvalue weighted by atomic mass is 16.5. The number of hydrogen-bond acceptors (Lipinski definition) is 9. The highest BCUT2D eigenvalue weighted by molar-refractivity contribution is 5.45. The van der Waals surface area contributed by atoms with Crippen LogP contribution in [-0.2, 0) is 13.6 Å². The molecule has 0 atom stereocenters. The third-order valence-electron chi connectivity index (χ3n) is 4.02. The maximum absolute atomic E-state index is 5.96. The molecule has 0 amide bonds. The van der Waals surface area contributed by atoms with E-state index in [0.29, 0.717) is 30.6 Å². The summed E-state index contributed by atoms with van der Waals surface area (Å²) in [5, 5.41) is 26.2. The molecule has 0 radical (unpaired) electrons. The standard InChI is InChI=1S/C18H19N9O2/c1-3-28-16-11-13(12-19-17-20-22-24-26(17)2)9-10-15(16)29-18-21-23-25-27(18)14-7-5-4-6-8-14/h4-11H,3,12H2,1-2H3,(H,19,20,24). The quantitative estimate of drug-likeness (QED) is 0.479. The van der Waals surface area contributed by atoms with Crippen LogP contribution in [0.3, 0.4) is 0 Å². The van der Waals surface area contributed by atoms with Gasteiger partial charge in [-0.3, -0.25) is 0 Å². The molecule has 0 aliphatic carbocycles. The van der Waals surface area contributed by atoms with Crippen molar-refractivity contribution >= 4 is 5.95 Å².